The second kappa shape index (κ2) is 20.7. The Balaban J connectivity index is -0.00000264. The molecule has 0 rings (SSSR count). The van der Waals surface area contributed by atoms with E-state index in [-0.39, 0.29) is 42.9 Å². The molecule has 0 saturated heterocycles. The van der Waals surface area contributed by atoms with E-state index in [2.05, 4.69) is 6.92 Å². The minimum atomic E-state index is -0.475. The van der Waals surface area contributed by atoms with E-state index < -0.39 is 6.04 Å². The van der Waals surface area contributed by atoms with Crippen LogP contribution in [0.15, 0.2) is 0 Å². The van der Waals surface area contributed by atoms with Gasteiger partial charge in [0.1, 0.15) is 6.04 Å². The molecular weight excluding hydrogens is 321 g/mol. The maximum absolute atomic E-state index is 11.6. The van der Waals surface area contributed by atoms with Crippen LogP contribution in [0.2, 0.25) is 0 Å². The zero-order valence-electron chi connectivity index (χ0n) is 18.7. The largest absolute Gasteiger partial charge is 1.00 e. The second-order valence-electron chi connectivity index (χ2n) is 7.53. The first kappa shape index (κ1) is 27.6. The molecule has 0 bridgehead atoms. The molecule has 0 aromatic rings. The summed E-state index contributed by atoms with van der Waals surface area (Å²) >= 11 is 0. The van der Waals surface area contributed by atoms with Crippen molar-refractivity contribution in [1.82, 2.24) is 0 Å². The van der Waals surface area contributed by atoms with E-state index in [1.54, 1.807) is 0 Å². The topological polar surface area (TPSA) is 52.3 Å². The predicted octanol–water partition coefficient (Wildman–Crippen LogP) is 3.11. The molecule has 0 saturated carbocycles. The van der Waals surface area contributed by atoms with Gasteiger partial charge in [-0.1, -0.05) is 104 Å². The van der Waals surface area contributed by atoms with Crippen LogP contribution in [0.1, 0.15) is 112 Å². The van der Waals surface area contributed by atoms with Crippen LogP contribution in [0.4, 0.5) is 0 Å². The molecule has 0 radical (unpaired) electrons. The Bertz CT molecular complexity index is 291. The fraction of sp³-hybridized carbons (Fsp3) is 0.952. The van der Waals surface area contributed by atoms with Crippen LogP contribution in [0.5, 0.6) is 0 Å². The van der Waals surface area contributed by atoms with Gasteiger partial charge < -0.3 is 11.9 Å². The van der Waals surface area contributed by atoms with Gasteiger partial charge >= 0.3 is 35.5 Å². The molecule has 25 heavy (non-hydrogen) atoms. The SMILES string of the molecule is CCCCCCCCCCCCCCCCOC(=O)[C@@H](N)C(C)C.[H-].[Na+]. The average molecular weight is 366 g/mol. The Morgan fingerprint density at radius 2 is 1.16 bits per heavy atom. The average Bonchev–Trinajstić information content (AvgIpc) is 2.57. The molecule has 2 N–H and O–H groups in total. The van der Waals surface area contributed by atoms with Crippen molar-refractivity contribution in [2.45, 2.75) is 117 Å². The molecule has 0 spiro atoms. The summed E-state index contributed by atoms with van der Waals surface area (Å²) < 4.78 is 5.21. The molecule has 0 aliphatic heterocycles. The molecule has 0 unspecified atom stereocenters. The van der Waals surface area contributed by atoms with Crippen LogP contribution in [0.25, 0.3) is 0 Å². The summed E-state index contributed by atoms with van der Waals surface area (Å²) in [4.78, 5) is 11.6. The molecule has 0 heterocycles. The van der Waals surface area contributed by atoms with Gasteiger partial charge in [0.2, 0.25) is 0 Å². The van der Waals surface area contributed by atoms with Crippen molar-refractivity contribution in [1.29, 1.82) is 0 Å². The minimum absolute atomic E-state index is 0. The summed E-state index contributed by atoms with van der Waals surface area (Å²) in [6.07, 6.45) is 18.7. The second-order valence-corrected chi connectivity index (χ2v) is 7.53. The van der Waals surface area contributed by atoms with Crippen LogP contribution < -0.4 is 35.3 Å². The van der Waals surface area contributed by atoms with Crippen LogP contribution in [0, 0.1) is 5.92 Å². The molecular formula is C21H44NNaO2. The molecule has 4 heteroatoms. The van der Waals surface area contributed by atoms with Gasteiger partial charge in [-0.15, -0.1) is 0 Å². The summed E-state index contributed by atoms with van der Waals surface area (Å²) in [6, 6.07) is -0.475. The van der Waals surface area contributed by atoms with Gasteiger partial charge in [-0.05, 0) is 12.3 Å². The first-order chi connectivity index (χ1) is 11.6. The number of carbonyl (C=O) groups is 1. The van der Waals surface area contributed by atoms with Gasteiger partial charge in [0.05, 0.1) is 6.61 Å². The molecule has 1 atom stereocenters. The Kier molecular flexibility index (Phi) is 22.9. The van der Waals surface area contributed by atoms with Gasteiger partial charge in [-0.2, -0.15) is 0 Å². The van der Waals surface area contributed by atoms with Crippen molar-refractivity contribution in [2.24, 2.45) is 11.7 Å². The third kappa shape index (κ3) is 19.0. The standard InChI is InChI=1S/C21H43NO2.Na.H/c1-4-5-6-7-8-9-10-11-12-13-14-15-16-17-18-24-21(23)20(22)19(2)3;;/h19-20H,4-18,22H2,1-3H3;;/q;+1;-1/t20-;;/m0../s1. The number of carbonyl (C=O) groups excluding carboxylic acids is 1. The fourth-order valence-electron chi connectivity index (χ4n) is 2.84. The maximum atomic E-state index is 11.6. The fourth-order valence-corrected chi connectivity index (χ4v) is 2.84. The van der Waals surface area contributed by atoms with E-state index in [1.165, 1.54) is 77.0 Å². The third-order valence-electron chi connectivity index (χ3n) is 4.73. The molecule has 0 aromatic heterocycles. The number of unbranched alkanes of at least 4 members (excludes halogenated alkanes) is 13. The van der Waals surface area contributed by atoms with E-state index in [9.17, 15) is 4.79 Å². The van der Waals surface area contributed by atoms with Crippen molar-refractivity contribution < 1.29 is 40.5 Å². The zero-order valence-corrected chi connectivity index (χ0v) is 19.7. The van der Waals surface area contributed by atoms with Gasteiger partial charge in [0.15, 0.2) is 0 Å². The predicted molar refractivity (Wildman–Crippen MR) is 105 cm³/mol. The smallest absolute Gasteiger partial charge is 1.00 e. The third-order valence-corrected chi connectivity index (χ3v) is 4.73. The van der Waals surface area contributed by atoms with Crippen LogP contribution >= 0.6 is 0 Å². The summed E-state index contributed by atoms with van der Waals surface area (Å²) in [5, 5.41) is 0. The van der Waals surface area contributed by atoms with Crippen molar-refractivity contribution in [2.75, 3.05) is 6.61 Å². The number of hydrogen-bond acceptors (Lipinski definition) is 3. The van der Waals surface area contributed by atoms with Gasteiger partial charge in [-0.25, -0.2) is 0 Å². The number of hydrogen-bond donors (Lipinski definition) is 1. The normalized spacial score (nSPS) is 12.0. The molecule has 146 valence electrons. The molecule has 3 nitrogen and oxygen atoms in total. The van der Waals surface area contributed by atoms with Crippen molar-refractivity contribution in [3.8, 4) is 0 Å². The molecule has 0 fully saturated rings. The van der Waals surface area contributed by atoms with Crippen LogP contribution in [-0.2, 0) is 9.53 Å². The number of esters is 1. The number of ether oxygens (including phenoxy) is 1. The van der Waals surface area contributed by atoms with Crippen LogP contribution in [0.3, 0.4) is 0 Å². The Morgan fingerprint density at radius 1 is 0.800 bits per heavy atom. The summed E-state index contributed by atoms with van der Waals surface area (Å²) in [7, 11) is 0. The van der Waals surface area contributed by atoms with E-state index in [0.717, 1.165) is 12.8 Å². The molecule has 0 aromatic carbocycles. The maximum Gasteiger partial charge on any atom is 1.00 e. The van der Waals surface area contributed by atoms with Crippen molar-refractivity contribution in [3.05, 3.63) is 0 Å². The van der Waals surface area contributed by atoms with E-state index >= 15 is 0 Å². The molecule has 0 aliphatic rings. The molecule has 0 amide bonds. The van der Waals surface area contributed by atoms with Crippen LogP contribution in [-0.4, -0.2) is 18.6 Å². The van der Waals surface area contributed by atoms with Gasteiger partial charge in [-0.3, -0.25) is 4.79 Å². The summed E-state index contributed by atoms with van der Waals surface area (Å²) in [5.41, 5.74) is 5.75. The Morgan fingerprint density at radius 3 is 1.52 bits per heavy atom. The van der Waals surface area contributed by atoms with E-state index in [4.69, 9.17) is 10.5 Å². The van der Waals surface area contributed by atoms with Gasteiger partial charge in [0, 0.05) is 0 Å². The summed E-state index contributed by atoms with van der Waals surface area (Å²) in [6.45, 7) is 6.68. The minimum Gasteiger partial charge on any atom is -1.00 e. The monoisotopic (exact) mass is 365 g/mol. The van der Waals surface area contributed by atoms with Crippen molar-refractivity contribution in [3.63, 3.8) is 0 Å². The Hall–Kier alpha value is 0.430. The van der Waals surface area contributed by atoms with Gasteiger partial charge in [0.25, 0.3) is 0 Å². The summed E-state index contributed by atoms with van der Waals surface area (Å²) in [5.74, 6) is -0.103. The first-order valence-corrected chi connectivity index (χ1v) is 10.5. The quantitative estimate of drug-likeness (QED) is 0.245. The molecule has 0 aliphatic carbocycles. The first-order valence-electron chi connectivity index (χ1n) is 10.5. The zero-order chi connectivity index (χ0) is 18.0. The number of rotatable bonds is 17. The van der Waals surface area contributed by atoms with E-state index in [0.29, 0.717) is 6.61 Å². The van der Waals surface area contributed by atoms with E-state index in [1.807, 2.05) is 13.8 Å². The Labute approximate surface area is 181 Å². The van der Waals surface area contributed by atoms with Crippen molar-refractivity contribution >= 4 is 5.97 Å². The number of nitrogens with two attached hydrogens (primary N) is 1.